The van der Waals surface area contributed by atoms with Crippen LogP contribution in [0.2, 0.25) is 0 Å². The van der Waals surface area contributed by atoms with Crippen molar-refractivity contribution < 1.29 is 17.2 Å². The number of benzene rings is 1. The van der Waals surface area contributed by atoms with Gasteiger partial charge in [-0.25, -0.2) is 32.2 Å². The van der Waals surface area contributed by atoms with Crippen molar-refractivity contribution in [3.63, 3.8) is 0 Å². The zero-order valence-corrected chi connectivity index (χ0v) is 22.2. The third-order valence-corrected chi connectivity index (χ3v) is 10.8. The SMILES string of the molecule is CC1(C)[C@H]2CC[C@]1(c1ccnc(-n3cnc(CC4CS(=O)(=O)C4)n3)n1)c1nnc(-c3c(F)cccc3F)cc12. The first-order valence-electron chi connectivity index (χ1n) is 12.9. The molecule has 0 radical (unpaired) electrons. The molecule has 1 aromatic carbocycles. The lowest BCUT2D eigenvalue weighted by Gasteiger charge is -2.37. The third-order valence-electron chi connectivity index (χ3n) is 8.88. The Kier molecular flexibility index (Phi) is 5.11. The van der Waals surface area contributed by atoms with Gasteiger partial charge in [0.25, 0.3) is 5.95 Å². The maximum Gasteiger partial charge on any atom is 0.252 e. The van der Waals surface area contributed by atoms with Gasteiger partial charge in [-0.15, -0.1) is 10.2 Å². The molecule has 2 atom stereocenters. The van der Waals surface area contributed by atoms with Crippen LogP contribution in [0.1, 0.15) is 55.4 Å². The van der Waals surface area contributed by atoms with Gasteiger partial charge >= 0.3 is 0 Å². The molecule has 2 bridgehead atoms. The first-order valence-corrected chi connectivity index (χ1v) is 14.7. The van der Waals surface area contributed by atoms with Gasteiger partial charge < -0.3 is 0 Å². The van der Waals surface area contributed by atoms with Crippen LogP contribution in [-0.2, 0) is 21.7 Å². The Labute approximate surface area is 223 Å². The highest BCUT2D eigenvalue weighted by molar-refractivity contribution is 7.92. The Bertz CT molecular complexity index is 1720. The van der Waals surface area contributed by atoms with Crippen molar-refractivity contribution in [2.24, 2.45) is 11.3 Å². The molecule has 200 valence electrons. The van der Waals surface area contributed by atoms with Crippen LogP contribution in [0.15, 0.2) is 42.9 Å². The minimum atomic E-state index is -2.91. The van der Waals surface area contributed by atoms with Crippen LogP contribution >= 0.6 is 0 Å². The van der Waals surface area contributed by atoms with Gasteiger partial charge in [-0.05, 0) is 59.9 Å². The van der Waals surface area contributed by atoms with Crippen LogP contribution in [0.5, 0.6) is 0 Å². The summed E-state index contributed by atoms with van der Waals surface area (Å²) < 4.78 is 53.6. The zero-order chi connectivity index (χ0) is 27.2. The molecule has 9 nitrogen and oxygen atoms in total. The molecule has 3 aromatic heterocycles. The monoisotopic (exact) mass is 549 g/mol. The summed E-state index contributed by atoms with van der Waals surface area (Å²) in [5.74, 6) is 0.0359. The van der Waals surface area contributed by atoms with Gasteiger partial charge in [0.2, 0.25) is 0 Å². The first-order chi connectivity index (χ1) is 18.6. The van der Waals surface area contributed by atoms with E-state index in [1.165, 1.54) is 22.9 Å². The highest BCUT2D eigenvalue weighted by atomic mass is 32.2. The molecule has 1 saturated heterocycles. The first kappa shape index (κ1) is 24.4. The van der Waals surface area contributed by atoms with Crippen LogP contribution in [-0.4, -0.2) is 54.9 Å². The van der Waals surface area contributed by atoms with E-state index >= 15 is 0 Å². The van der Waals surface area contributed by atoms with E-state index < -0.39 is 26.9 Å². The molecule has 4 heterocycles. The number of fused-ring (bicyclic) bond motifs is 5. The highest BCUT2D eigenvalue weighted by Crippen LogP contribution is 2.69. The lowest BCUT2D eigenvalue weighted by molar-refractivity contribution is 0.242. The molecule has 0 amide bonds. The Morgan fingerprint density at radius 1 is 1.08 bits per heavy atom. The van der Waals surface area contributed by atoms with E-state index in [0.29, 0.717) is 18.2 Å². The van der Waals surface area contributed by atoms with Gasteiger partial charge in [0, 0.05) is 12.6 Å². The molecule has 3 aliphatic rings. The number of halogens is 2. The van der Waals surface area contributed by atoms with E-state index in [9.17, 15) is 17.2 Å². The third kappa shape index (κ3) is 3.49. The minimum Gasteiger partial charge on any atom is -0.229 e. The minimum absolute atomic E-state index is 0.0319. The molecule has 2 aliphatic carbocycles. The van der Waals surface area contributed by atoms with Crippen molar-refractivity contribution >= 4 is 9.84 Å². The average molecular weight is 550 g/mol. The van der Waals surface area contributed by atoms with Gasteiger partial charge in [-0.2, -0.15) is 9.78 Å². The summed E-state index contributed by atoms with van der Waals surface area (Å²) >= 11 is 0. The highest BCUT2D eigenvalue weighted by Gasteiger charge is 2.65. The second-order valence-corrected chi connectivity index (χ2v) is 13.5. The molecule has 4 aromatic rings. The van der Waals surface area contributed by atoms with Crippen molar-refractivity contribution in [3.8, 4) is 17.2 Å². The van der Waals surface area contributed by atoms with E-state index in [1.54, 1.807) is 18.6 Å². The maximum atomic E-state index is 14.5. The number of hydrogen-bond donors (Lipinski definition) is 0. The smallest absolute Gasteiger partial charge is 0.229 e. The molecule has 2 fully saturated rings. The summed E-state index contributed by atoms with van der Waals surface area (Å²) in [6.45, 7) is 4.36. The van der Waals surface area contributed by atoms with Crippen molar-refractivity contribution in [1.29, 1.82) is 0 Å². The van der Waals surface area contributed by atoms with E-state index in [4.69, 9.17) is 4.98 Å². The van der Waals surface area contributed by atoms with E-state index in [2.05, 4.69) is 39.1 Å². The molecule has 1 aliphatic heterocycles. The van der Waals surface area contributed by atoms with Crippen molar-refractivity contribution in [2.75, 3.05) is 11.5 Å². The predicted octanol–water partition coefficient (Wildman–Crippen LogP) is 3.58. The van der Waals surface area contributed by atoms with Gasteiger partial charge in [0.1, 0.15) is 18.0 Å². The molecule has 39 heavy (non-hydrogen) atoms. The van der Waals surface area contributed by atoms with Crippen molar-refractivity contribution in [3.05, 3.63) is 77.3 Å². The van der Waals surface area contributed by atoms with Gasteiger partial charge in [0.15, 0.2) is 15.7 Å². The van der Waals surface area contributed by atoms with Crippen LogP contribution in [0.25, 0.3) is 17.2 Å². The van der Waals surface area contributed by atoms with E-state index in [0.717, 1.165) is 29.8 Å². The van der Waals surface area contributed by atoms with Gasteiger partial charge in [-0.3, -0.25) is 0 Å². The molecular formula is C27H25F2N7O2S. The number of nitrogens with zero attached hydrogens (tertiary/aromatic N) is 7. The molecular weight excluding hydrogens is 524 g/mol. The maximum absolute atomic E-state index is 14.5. The molecule has 12 heteroatoms. The van der Waals surface area contributed by atoms with E-state index in [-0.39, 0.29) is 40.0 Å². The predicted molar refractivity (Wildman–Crippen MR) is 137 cm³/mol. The fourth-order valence-electron chi connectivity index (χ4n) is 6.99. The second kappa shape index (κ2) is 8.17. The fraction of sp³-hybridized carbons (Fsp3) is 0.407. The van der Waals surface area contributed by atoms with Crippen LogP contribution in [0.3, 0.4) is 0 Å². The number of aromatic nitrogens is 7. The zero-order valence-electron chi connectivity index (χ0n) is 21.3. The molecule has 1 saturated carbocycles. The quantitative estimate of drug-likeness (QED) is 0.371. The van der Waals surface area contributed by atoms with Gasteiger partial charge in [-0.1, -0.05) is 19.9 Å². The largest absolute Gasteiger partial charge is 0.252 e. The van der Waals surface area contributed by atoms with Crippen LogP contribution < -0.4 is 0 Å². The average Bonchev–Trinajstić information content (AvgIpc) is 3.50. The lowest BCUT2D eigenvalue weighted by atomic mass is 9.66. The molecule has 0 spiro atoms. The summed E-state index contributed by atoms with van der Waals surface area (Å²) in [7, 11) is -2.91. The van der Waals surface area contributed by atoms with Crippen molar-refractivity contribution in [2.45, 2.75) is 44.4 Å². The summed E-state index contributed by atoms with van der Waals surface area (Å²) in [5, 5.41) is 13.4. The summed E-state index contributed by atoms with van der Waals surface area (Å²) in [6, 6.07) is 7.43. The topological polar surface area (TPSA) is 116 Å². The van der Waals surface area contributed by atoms with Crippen molar-refractivity contribution in [1.82, 2.24) is 34.9 Å². The Hall–Kier alpha value is -3.67. The van der Waals surface area contributed by atoms with Crippen LogP contribution in [0.4, 0.5) is 8.78 Å². The number of rotatable bonds is 5. The Balaban J connectivity index is 1.26. The number of sulfone groups is 1. The number of hydrogen-bond acceptors (Lipinski definition) is 8. The van der Waals surface area contributed by atoms with E-state index in [1.807, 2.05) is 6.07 Å². The Morgan fingerprint density at radius 2 is 1.85 bits per heavy atom. The Morgan fingerprint density at radius 3 is 2.59 bits per heavy atom. The summed E-state index contributed by atoms with van der Waals surface area (Å²) in [5.41, 5.74) is 1.66. The summed E-state index contributed by atoms with van der Waals surface area (Å²) in [6.07, 6.45) is 5.39. The molecule has 0 N–H and O–H groups in total. The van der Waals surface area contributed by atoms with Gasteiger partial charge in [0.05, 0.1) is 39.6 Å². The lowest BCUT2D eigenvalue weighted by Crippen LogP contribution is -2.38. The normalized spacial score (nSPS) is 24.5. The molecule has 0 unspecified atom stereocenters. The standard InChI is InChI=1S/C27H25F2N7O2S/c1-26(2)17-6-8-27(26,24-16(17)11-20(33-34-24)23-18(28)4-3-5-19(23)29)21-7-9-30-25(32-21)36-14-31-22(35-36)10-15-12-39(37,38)13-15/h3-5,7,9,11,14-15,17H,6,8,10,12-13H2,1-2H3/t17-,27-/m0/s1. The second-order valence-electron chi connectivity index (χ2n) is 11.3. The van der Waals surface area contributed by atoms with Crippen LogP contribution in [0, 0.1) is 23.0 Å². The fourth-order valence-corrected chi connectivity index (χ4v) is 8.56. The summed E-state index contributed by atoms with van der Waals surface area (Å²) in [4.78, 5) is 13.7. The molecule has 7 rings (SSSR count).